The van der Waals surface area contributed by atoms with Crippen molar-refractivity contribution in [1.82, 2.24) is 5.32 Å². The molecule has 0 radical (unpaired) electrons. The van der Waals surface area contributed by atoms with Crippen LogP contribution >= 0.6 is 0 Å². The number of benzene rings is 1. The van der Waals surface area contributed by atoms with Crippen molar-refractivity contribution < 1.29 is 19.1 Å². The summed E-state index contributed by atoms with van der Waals surface area (Å²) >= 11 is 0. The number of carbonyl (C=O) groups is 3. The van der Waals surface area contributed by atoms with Gasteiger partial charge in [-0.05, 0) is 51.3 Å². The maximum atomic E-state index is 12.3. The van der Waals surface area contributed by atoms with Crippen molar-refractivity contribution in [3.05, 3.63) is 23.8 Å². The van der Waals surface area contributed by atoms with Gasteiger partial charge in [0, 0.05) is 12.1 Å². The van der Waals surface area contributed by atoms with Crippen LogP contribution in [0.25, 0.3) is 0 Å². The fraction of sp³-hybridized carbons (Fsp3) is 0.526. The van der Waals surface area contributed by atoms with Gasteiger partial charge in [0.1, 0.15) is 6.04 Å². The van der Waals surface area contributed by atoms with E-state index in [9.17, 15) is 14.4 Å². The second-order valence-electron chi connectivity index (χ2n) is 7.43. The van der Waals surface area contributed by atoms with Crippen LogP contribution in [0.3, 0.4) is 0 Å². The number of esters is 1. The average Bonchev–Trinajstić information content (AvgIpc) is 3.09. The summed E-state index contributed by atoms with van der Waals surface area (Å²) < 4.78 is 5.11. The second kappa shape index (κ2) is 6.97. The zero-order valence-electron chi connectivity index (χ0n) is 15.4. The molecule has 140 valence electrons. The van der Waals surface area contributed by atoms with Crippen LogP contribution in [0.2, 0.25) is 0 Å². The van der Waals surface area contributed by atoms with Gasteiger partial charge in [-0.15, -0.1) is 0 Å². The minimum absolute atomic E-state index is 0.0401. The molecule has 2 heterocycles. The molecule has 1 fully saturated rings. The molecule has 1 aromatic rings. The summed E-state index contributed by atoms with van der Waals surface area (Å²) in [4.78, 5) is 38.4. The number of amides is 2. The standard InChI is InChI=1S/C19H25N3O4/c1-4-19(2,3)21-16(23)11-26-18(25)12-7-8-14-13(10-12)20-17(24)15-6-5-9-22(14)15/h7-8,10,15H,4-6,9,11H2,1-3H3,(H,20,24)(H,21,23)/t15-/m0/s1. The van der Waals surface area contributed by atoms with Gasteiger partial charge < -0.3 is 20.3 Å². The normalized spacial score (nSPS) is 18.7. The van der Waals surface area contributed by atoms with Gasteiger partial charge in [-0.2, -0.15) is 0 Å². The molecule has 26 heavy (non-hydrogen) atoms. The minimum atomic E-state index is -0.588. The van der Waals surface area contributed by atoms with Gasteiger partial charge in [-0.25, -0.2) is 4.79 Å². The Morgan fingerprint density at radius 2 is 2.15 bits per heavy atom. The molecule has 0 aliphatic carbocycles. The molecule has 2 aliphatic rings. The summed E-state index contributed by atoms with van der Waals surface area (Å²) in [5.41, 5.74) is 1.50. The molecule has 0 bridgehead atoms. The number of nitrogens with one attached hydrogen (secondary N) is 2. The third kappa shape index (κ3) is 3.66. The van der Waals surface area contributed by atoms with Crippen LogP contribution in [0.5, 0.6) is 0 Å². The highest BCUT2D eigenvalue weighted by Crippen LogP contribution is 2.37. The van der Waals surface area contributed by atoms with Crippen molar-refractivity contribution in [2.75, 3.05) is 23.4 Å². The summed E-state index contributed by atoms with van der Waals surface area (Å²) in [6, 6.07) is 4.98. The zero-order valence-corrected chi connectivity index (χ0v) is 15.4. The van der Waals surface area contributed by atoms with Crippen LogP contribution in [0.1, 0.15) is 50.4 Å². The first-order valence-electron chi connectivity index (χ1n) is 9.00. The fourth-order valence-electron chi connectivity index (χ4n) is 3.27. The molecule has 2 aliphatic heterocycles. The Balaban J connectivity index is 1.65. The topological polar surface area (TPSA) is 87.7 Å². The number of anilines is 2. The first-order chi connectivity index (χ1) is 12.3. The Morgan fingerprint density at radius 3 is 2.88 bits per heavy atom. The Morgan fingerprint density at radius 1 is 1.38 bits per heavy atom. The number of ether oxygens (including phenoxy) is 1. The number of hydrogen-bond donors (Lipinski definition) is 2. The molecule has 7 nitrogen and oxygen atoms in total. The van der Waals surface area contributed by atoms with Crippen LogP contribution in [-0.2, 0) is 14.3 Å². The van der Waals surface area contributed by atoms with E-state index in [0.717, 1.165) is 31.5 Å². The first-order valence-corrected chi connectivity index (χ1v) is 9.00. The lowest BCUT2D eigenvalue weighted by Gasteiger charge is -2.33. The summed E-state index contributed by atoms with van der Waals surface area (Å²) in [6.45, 7) is 6.29. The van der Waals surface area contributed by atoms with E-state index >= 15 is 0 Å². The van der Waals surface area contributed by atoms with Gasteiger partial charge in [-0.1, -0.05) is 6.92 Å². The van der Waals surface area contributed by atoms with E-state index in [-0.39, 0.29) is 30.0 Å². The SMILES string of the molecule is CCC(C)(C)NC(=O)COC(=O)c1ccc2c(c1)NC(=O)[C@@H]1CCCN21. The van der Waals surface area contributed by atoms with Crippen LogP contribution in [0, 0.1) is 0 Å². The zero-order chi connectivity index (χ0) is 18.9. The molecule has 0 unspecified atom stereocenters. The Hall–Kier alpha value is -2.57. The summed E-state index contributed by atoms with van der Waals surface area (Å²) in [6.07, 6.45) is 2.59. The maximum Gasteiger partial charge on any atom is 0.338 e. The van der Waals surface area contributed by atoms with Gasteiger partial charge in [-0.3, -0.25) is 9.59 Å². The van der Waals surface area contributed by atoms with Crippen LogP contribution in [0.4, 0.5) is 11.4 Å². The Kier molecular flexibility index (Phi) is 4.89. The van der Waals surface area contributed by atoms with Gasteiger partial charge in [0.25, 0.3) is 5.91 Å². The van der Waals surface area contributed by atoms with E-state index in [2.05, 4.69) is 15.5 Å². The molecule has 1 aromatic carbocycles. The van der Waals surface area contributed by atoms with E-state index in [1.54, 1.807) is 12.1 Å². The van der Waals surface area contributed by atoms with Crippen molar-refractivity contribution in [2.45, 2.75) is 51.6 Å². The van der Waals surface area contributed by atoms with Gasteiger partial charge in [0.05, 0.1) is 16.9 Å². The summed E-state index contributed by atoms with van der Waals surface area (Å²) in [5.74, 6) is -0.965. The molecule has 0 saturated carbocycles. The van der Waals surface area contributed by atoms with Crippen LogP contribution in [-0.4, -0.2) is 42.5 Å². The van der Waals surface area contributed by atoms with Crippen LogP contribution < -0.4 is 15.5 Å². The monoisotopic (exact) mass is 359 g/mol. The third-order valence-corrected chi connectivity index (χ3v) is 5.05. The predicted molar refractivity (Wildman–Crippen MR) is 98.2 cm³/mol. The summed E-state index contributed by atoms with van der Waals surface area (Å²) in [7, 11) is 0. The Bertz CT molecular complexity index is 744. The molecular weight excluding hydrogens is 334 g/mol. The molecule has 0 spiro atoms. The van der Waals surface area contributed by atoms with Crippen LogP contribution in [0.15, 0.2) is 18.2 Å². The number of rotatable bonds is 5. The fourth-order valence-corrected chi connectivity index (χ4v) is 3.27. The highest BCUT2D eigenvalue weighted by atomic mass is 16.5. The number of nitrogens with zero attached hydrogens (tertiary/aromatic N) is 1. The average molecular weight is 359 g/mol. The first kappa shape index (κ1) is 18.2. The van der Waals surface area contributed by atoms with Crippen molar-refractivity contribution in [3.63, 3.8) is 0 Å². The van der Waals surface area contributed by atoms with E-state index in [1.807, 2.05) is 26.8 Å². The molecule has 2 N–H and O–H groups in total. The number of carbonyl (C=O) groups excluding carboxylic acids is 3. The second-order valence-corrected chi connectivity index (χ2v) is 7.43. The molecule has 1 saturated heterocycles. The molecule has 0 aromatic heterocycles. The highest BCUT2D eigenvalue weighted by Gasteiger charge is 2.36. The Labute approximate surface area is 153 Å². The van der Waals surface area contributed by atoms with Gasteiger partial charge in [0.15, 0.2) is 6.61 Å². The van der Waals surface area contributed by atoms with Gasteiger partial charge >= 0.3 is 5.97 Å². The lowest BCUT2D eigenvalue weighted by Crippen LogP contribution is -2.44. The largest absolute Gasteiger partial charge is 0.452 e. The lowest BCUT2D eigenvalue weighted by atomic mass is 10.0. The van der Waals surface area contributed by atoms with Gasteiger partial charge in [0.2, 0.25) is 5.91 Å². The van der Waals surface area contributed by atoms with E-state index in [4.69, 9.17) is 4.74 Å². The van der Waals surface area contributed by atoms with E-state index in [1.165, 1.54) is 0 Å². The molecular formula is C19H25N3O4. The number of hydrogen-bond acceptors (Lipinski definition) is 5. The highest BCUT2D eigenvalue weighted by molar-refractivity contribution is 6.05. The molecule has 3 rings (SSSR count). The molecule has 7 heteroatoms. The third-order valence-electron chi connectivity index (χ3n) is 5.05. The minimum Gasteiger partial charge on any atom is -0.452 e. The molecule has 2 amide bonds. The van der Waals surface area contributed by atoms with Crippen molar-refractivity contribution >= 4 is 29.2 Å². The van der Waals surface area contributed by atoms with Crippen molar-refractivity contribution in [1.29, 1.82) is 0 Å². The van der Waals surface area contributed by atoms with E-state index in [0.29, 0.717) is 11.3 Å². The maximum absolute atomic E-state index is 12.3. The predicted octanol–water partition coefficient (Wildman–Crippen LogP) is 2.07. The summed E-state index contributed by atoms with van der Waals surface area (Å²) in [5, 5.41) is 5.68. The quantitative estimate of drug-likeness (QED) is 0.786. The molecule has 1 atom stereocenters. The lowest BCUT2D eigenvalue weighted by molar-refractivity contribution is -0.125. The number of fused-ring (bicyclic) bond motifs is 3. The van der Waals surface area contributed by atoms with Crippen molar-refractivity contribution in [2.24, 2.45) is 0 Å². The van der Waals surface area contributed by atoms with E-state index < -0.39 is 5.97 Å². The van der Waals surface area contributed by atoms with Crippen molar-refractivity contribution in [3.8, 4) is 0 Å². The smallest absolute Gasteiger partial charge is 0.338 e.